The van der Waals surface area contributed by atoms with Crippen LogP contribution in [0.5, 0.6) is 0 Å². The van der Waals surface area contributed by atoms with Crippen LogP contribution in [-0.4, -0.2) is 82.5 Å². The van der Waals surface area contributed by atoms with Crippen molar-refractivity contribution >= 4 is 17.7 Å². The smallest absolute Gasteiger partial charge is 0.230 e. The Balaban J connectivity index is 1.40. The summed E-state index contributed by atoms with van der Waals surface area (Å²) in [7, 11) is 2.16. The fourth-order valence-electron chi connectivity index (χ4n) is 3.16. The number of nitrogens with zero attached hydrogens (tertiary/aromatic N) is 5. The molecule has 0 bridgehead atoms. The number of hydrogen-bond donors (Lipinski definition) is 1. The molecular weight excluding hydrogens is 372 g/mol. The Morgan fingerprint density at radius 1 is 1.18 bits per heavy atom. The molecule has 3 rings (SSSR count). The van der Waals surface area contributed by atoms with E-state index in [9.17, 15) is 4.79 Å². The second-order valence-electron chi connectivity index (χ2n) is 7.39. The highest BCUT2D eigenvalue weighted by molar-refractivity contribution is 7.99. The summed E-state index contributed by atoms with van der Waals surface area (Å²) in [5, 5.41) is 11.9. The van der Waals surface area contributed by atoms with Crippen LogP contribution in [-0.2, 0) is 4.79 Å². The summed E-state index contributed by atoms with van der Waals surface area (Å²) in [6.07, 6.45) is 2.68. The van der Waals surface area contributed by atoms with Gasteiger partial charge in [0, 0.05) is 38.4 Å². The Kier molecular flexibility index (Phi) is 7.47. The first kappa shape index (κ1) is 20.8. The highest BCUT2D eigenvalue weighted by Crippen LogP contribution is 2.21. The Morgan fingerprint density at radius 2 is 1.96 bits per heavy atom. The van der Waals surface area contributed by atoms with Crippen molar-refractivity contribution in [2.24, 2.45) is 0 Å². The molecule has 1 N–H and O–H groups in total. The molecule has 1 aliphatic heterocycles. The van der Waals surface area contributed by atoms with Gasteiger partial charge in [0.15, 0.2) is 5.16 Å². The van der Waals surface area contributed by atoms with Crippen molar-refractivity contribution in [3.05, 3.63) is 35.7 Å². The molecule has 28 heavy (non-hydrogen) atoms. The number of aryl methyl sites for hydroxylation is 2. The lowest BCUT2D eigenvalue weighted by atomic mass is 10.1. The van der Waals surface area contributed by atoms with Gasteiger partial charge in [-0.05, 0) is 57.1 Å². The second-order valence-corrected chi connectivity index (χ2v) is 8.33. The van der Waals surface area contributed by atoms with Crippen LogP contribution in [0.2, 0.25) is 0 Å². The lowest BCUT2D eigenvalue weighted by molar-refractivity contribution is -0.118. The quantitative estimate of drug-likeness (QED) is 0.536. The van der Waals surface area contributed by atoms with E-state index in [1.807, 2.05) is 10.6 Å². The molecule has 2 heterocycles. The van der Waals surface area contributed by atoms with E-state index >= 15 is 0 Å². The Labute approximate surface area is 171 Å². The standard InChI is InChI=1S/C20H30N6OS/c1-16-5-6-18(13-17(16)2)26-15-22-23-20(26)28-14-19(27)21-7-4-8-25-11-9-24(3)10-12-25/h5-6,13,15H,4,7-12,14H2,1-3H3,(H,21,27). The van der Waals surface area contributed by atoms with Crippen molar-refractivity contribution in [1.82, 2.24) is 29.9 Å². The number of likely N-dealkylation sites (N-methyl/N-ethyl adjacent to an activating group) is 1. The van der Waals surface area contributed by atoms with Crippen molar-refractivity contribution in [3.63, 3.8) is 0 Å². The van der Waals surface area contributed by atoms with Crippen LogP contribution in [0.1, 0.15) is 17.5 Å². The molecule has 0 atom stereocenters. The SMILES string of the molecule is Cc1ccc(-n2cnnc2SCC(=O)NCCCN2CCN(C)CC2)cc1C. The van der Waals surface area contributed by atoms with E-state index < -0.39 is 0 Å². The molecule has 152 valence electrons. The minimum Gasteiger partial charge on any atom is -0.355 e. The number of amides is 1. The average molecular weight is 403 g/mol. The van der Waals surface area contributed by atoms with Gasteiger partial charge in [0.05, 0.1) is 5.75 Å². The van der Waals surface area contributed by atoms with Crippen molar-refractivity contribution < 1.29 is 4.79 Å². The topological polar surface area (TPSA) is 66.3 Å². The van der Waals surface area contributed by atoms with Crippen LogP contribution in [0.3, 0.4) is 0 Å². The second kappa shape index (κ2) is 10.0. The van der Waals surface area contributed by atoms with Crippen molar-refractivity contribution in [1.29, 1.82) is 0 Å². The van der Waals surface area contributed by atoms with E-state index in [0.717, 1.165) is 56.5 Å². The molecule has 0 radical (unpaired) electrons. The number of rotatable bonds is 8. The summed E-state index contributed by atoms with van der Waals surface area (Å²) >= 11 is 1.41. The third-order valence-electron chi connectivity index (χ3n) is 5.19. The summed E-state index contributed by atoms with van der Waals surface area (Å²) in [4.78, 5) is 17.0. The van der Waals surface area contributed by atoms with E-state index in [1.165, 1.54) is 22.9 Å². The van der Waals surface area contributed by atoms with Gasteiger partial charge in [-0.2, -0.15) is 0 Å². The van der Waals surface area contributed by atoms with E-state index in [1.54, 1.807) is 6.33 Å². The molecule has 8 heteroatoms. The van der Waals surface area contributed by atoms with Crippen LogP contribution >= 0.6 is 11.8 Å². The number of hydrogen-bond acceptors (Lipinski definition) is 6. The molecule has 1 aliphatic rings. The third-order valence-corrected chi connectivity index (χ3v) is 6.13. The number of piperazine rings is 1. The van der Waals surface area contributed by atoms with Crippen LogP contribution in [0.4, 0.5) is 0 Å². The molecule has 1 saturated heterocycles. The summed E-state index contributed by atoms with van der Waals surface area (Å²) < 4.78 is 1.93. The summed E-state index contributed by atoms with van der Waals surface area (Å²) in [6.45, 7) is 10.4. The van der Waals surface area contributed by atoms with Crippen molar-refractivity contribution in [2.75, 3.05) is 52.1 Å². The van der Waals surface area contributed by atoms with Crippen LogP contribution in [0.25, 0.3) is 5.69 Å². The third kappa shape index (κ3) is 5.80. The number of thioether (sulfide) groups is 1. The fourth-order valence-corrected chi connectivity index (χ4v) is 3.92. The zero-order valence-corrected chi connectivity index (χ0v) is 17.8. The van der Waals surface area contributed by atoms with E-state index in [-0.39, 0.29) is 5.91 Å². The van der Waals surface area contributed by atoms with Crippen LogP contribution in [0.15, 0.2) is 29.7 Å². The van der Waals surface area contributed by atoms with Crippen LogP contribution in [0, 0.1) is 13.8 Å². The maximum atomic E-state index is 12.2. The van der Waals surface area contributed by atoms with Gasteiger partial charge in [-0.15, -0.1) is 10.2 Å². The van der Waals surface area contributed by atoms with Gasteiger partial charge in [-0.1, -0.05) is 17.8 Å². The van der Waals surface area contributed by atoms with Crippen molar-refractivity contribution in [3.8, 4) is 5.69 Å². The number of carbonyl (C=O) groups excluding carboxylic acids is 1. The first-order chi connectivity index (χ1) is 13.5. The summed E-state index contributed by atoms with van der Waals surface area (Å²) in [5.74, 6) is 0.385. The van der Waals surface area contributed by atoms with Crippen LogP contribution < -0.4 is 5.32 Å². The normalized spacial score (nSPS) is 15.7. The number of aromatic nitrogens is 3. The maximum absolute atomic E-state index is 12.2. The van der Waals surface area contributed by atoms with Gasteiger partial charge in [-0.3, -0.25) is 9.36 Å². The van der Waals surface area contributed by atoms with E-state index in [4.69, 9.17) is 0 Å². The molecule has 1 amide bonds. The van der Waals surface area contributed by atoms with Crippen molar-refractivity contribution in [2.45, 2.75) is 25.4 Å². The summed E-state index contributed by atoms with van der Waals surface area (Å²) in [6, 6.07) is 6.25. The average Bonchev–Trinajstić information content (AvgIpc) is 3.16. The van der Waals surface area contributed by atoms with Gasteiger partial charge < -0.3 is 15.1 Å². The highest BCUT2D eigenvalue weighted by atomic mass is 32.2. The minimum absolute atomic E-state index is 0.0398. The highest BCUT2D eigenvalue weighted by Gasteiger charge is 2.13. The van der Waals surface area contributed by atoms with Gasteiger partial charge in [0.25, 0.3) is 0 Å². The number of nitrogens with one attached hydrogen (secondary N) is 1. The molecule has 0 aliphatic carbocycles. The largest absolute Gasteiger partial charge is 0.355 e. The Bertz CT molecular complexity index is 785. The minimum atomic E-state index is 0.0398. The first-order valence-corrected chi connectivity index (χ1v) is 10.8. The van der Waals surface area contributed by atoms with Gasteiger partial charge in [-0.25, -0.2) is 0 Å². The van der Waals surface area contributed by atoms with Gasteiger partial charge in [0.1, 0.15) is 6.33 Å². The lowest BCUT2D eigenvalue weighted by Gasteiger charge is -2.32. The fraction of sp³-hybridized carbons (Fsp3) is 0.550. The zero-order valence-electron chi connectivity index (χ0n) is 17.0. The molecule has 1 fully saturated rings. The number of carbonyl (C=O) groups is 1. The molecule has 1 aromatic heterocycles. The Morgan fingerprint density at radius 3 is 2.71 bits per heavy atom. The Hall–Kier alpha value is -1.90. The monoisotopic (exact) mass is 402 g/mol. The molecule has 1 aromatic carbocycles. The van der Waals surface area contributed by atoms with Gasteiger partial charge in [0.2, 0.25) is 5.91 Å². The zero-order chi connectivity index (χ0) is 19.9. The molecule has 7 nitrogen and oxygen atoms in total. The molecule has 0 saturated carbocycles. The predicted octanol–water partition coefficient (Wildman–Crippen LogP) is 1.73. The molecular formula is C20H30N6OS. The number of benzene rings is 1. The van der Waals surface area contributed by atoms with E-state index in [2.05, 4.69) is 58.3 Å². The lowest BCUT2D eigenvalue weighted by Crippen LogP contribution is -2.45. The first-order valence-electron chi connectivity index (χ1n) is 9.81. The maximum Gasteiger partial charge on any atom is 0.230 e. The van der Waals surface area contributed by atoms with Gasteiger partial charge >= 0.3 is 0 Å². The molecule has 0 spiro atoms. The molecule has 0 unspecified atom stereocenters. The summed E-state index contributed by atoms with van der Waals surface area (Å²) in [5.41, 5.74) is 3.49. The predicted molar refractivity (Wildman–Crippen MR) is 113 cm³/mol. The molecule has 2 aromatic rings. The van der Waals surface area contributed by atoms with E-state index in [0.29, 0.717) is 5.75 Å².